The molecule has 32 heavy (non-hydrogen) atoms. The number of carbonyl (C=O) groups is 1. The van der Waals surface area contributed by atoms with E-state index in [4.69, 9.17) is 9.26 Å². The quantitative estimate of drug-likeness (QED) is 0.615. The van der Waals surface area contributed by atoms with Gasteiger partial charge in [-0.1, -0.05) is 41.6 Å². The molecule has 0 aliphatic carbocycles. The van der Waals surface area contributed by atoms with Crippen molar-refractivity contribution in [1.29, 1.82) is 0 Å². The molecule has 0 saturated carbocycles. The molecular weight excluding hydrogens is 404 g/mol. The van der Waals surface area contributed by atoms with Gasteiger partial charge in [-0.2, -0.15) is 0 Å². The maximum atomic E-state index is 12.8. The average Bonchev–Trinajstić information content (AvgIpc) is 3.32. The van der Waals surface area contributed by atoms with Crippen molar-refractivity contribution in [3.05, 3.63) is 54.2 Å². The fraction of sp³-hybridized carbons (Fsp3) is 0.440. The van der Waals surface area contributed by atoms with Crippen LogP contribution in [0.25, 0.3) is 22.1 Å². The summed E-state index contributed by atoms with van der Waals surface area (Å²) in [5.41, 5.74) is 1.99. The van der Waals surface area contributed by atoms with E-state index in [0.29, 0.717) is 26.3 Å². The molecule has 5 rings (SSSR count). The monoisotopic (exact) mass is 434 g/mol. The number of hydrogen-bond donors (Lipinski definition) is 0. The molecule has 0 radical (unpaired) electrons. The first kappa shape index (κ1) is 21.1. The van der Waals surface area contributed by atoms with Gasteiger partial charge in [0, 0.05) is 57.4 Å². The standard InChI is InChI=1S/C25H30N4O3/c1-19(25(30)29-12-14-31-15-13-29)28-10-8-27(9-11-28)18-23-17-24(32-26-23)22-7-6-20-4-2-3-5-21(20)16-22/h2-7,16-17,19H,8-15,18H2,1H3. The van der Waals surface area contributed by atoms with Crippen LogP contribution in [0.1, 0.15) is 12.6 Å². The Hall–Kier alpha value is -2.74. The van der Waals surface area contributed by atoms with Crippen molar-refractivity contribution in [1.82, 2.24) is 19.9 Å². The number of rotatable bonds is 5. The van der Waals surface area contributed by atoms with Crippen molar-refractivity contribution in [2.45, 2.75) is 19.5 Å². The lowest BCUT2D eigenvalue weighted by atomic mass is 10.1. The van der Waals surface area contributed by atoms with Gasteiger partial charge in [0.1, 0.15) is 0 Å². The van der Waals surface area contributed by atoms with Crippen LogP contribution in [0, 0.1) is 0 Å². The van der Waals surface area contributed by atoms with E-state index in [1.54, 1.807) is 0 Å². The second-order valence-corrected chi connectivity index (χ2v) is 8.67. The van der Waals surface area contributed by atoms with Crippen LogP contribution < -0.4 is 0 Å². The fourth-order valence-corrected chi connectivity index (χ4v) is 4.61. The molecule has 0 spiro atoms. The van der Waals surface area contributed by atoms with Crippen LogP contribution in [0.3, 0.4) is 0 Å². The number of benzene rings is 2. The Morgan fingerprint density at radius 1 is 0.969 bits per heavy atom. The molecule has 1 atom stereocenters. The molecule has 3 heterocycles. The lowest BCUT2D eigenvalue weighted by Gasteiger charge is -2.39. The lowest BCUT2D eigenvalue weighted by molar-refractivity contribution is -0.141. The summed E-state index contributed by atoms with van der Waals surface area (Å²) >= 11 is 0. The molecule has 3 aromatic rings. The third-order valence-corrected chi connectivity index (χ3v) is 6.61. The van der Waals surface area contributed by atoms with E-state index in [9.17, 15) is 4.79 Å². The highest BCUT2D eigenvalue weighted by Gasteiger charge is 2.29. The van der Waals surface area contributed by atoms with Gasteiger partial charge in [-0.3, -0.25) is 14.6 Å². The zero-order chi connectivity index (χ0) is 21.9. The van der Waals surface area contributed by atoms with Crippen molar-refractivity contribution in [3.8, 4) is 11.3 Å². The van der Waals surface area contributed by atoms with Crippen molar-refractivity contribution in [2.75, 3.05) is 52.5 Å². The van der Waals surface area contributed by atoms with Crippen LogP contribution in [0.5, 0.6) is 0 Å². The molecule has 2 aromatic carbocycles. The van der Waals surface area contributed by atoms with Gasteiger partial charge in [-0.05, 0) is 23.8 Å². The number of morpholine rings is 1. The molecule has 168 valence electrons. The second kappa shape index (κ2) is 9.40. The number of fused-ring (bicyclic) bond motifs is 1. The second-order valence-electron chi connectivity index (χ2n) is 8.67. The van der Waals surface area contributed by atoms with E-state index in [1.807, 2.05) is 30.0 Å². The number of ether oxygens (including phenoxy) is 1. The molecule has 2 fully saturated rings. The summed E-state index contributed by atoms with van der Waals surface area (Å²) in [6.45, 7) is 9.08. The van der Waals surface area contributed by atoms with Crippen molar-refractivity contribution >= 4 is 16.7 Å². The predicted molar refractivity (Wildman–Crippen MR) is 123 cm³/mol. The van der Waals surface area contributed by atoms with Gasteiger partial charge in [0.2, 0.25) is 5.91 Å². The molecular formula is C25H30N4O3. The Morgan fingerprint density at radius 2 is 1.72 bits per heavy atom. The van der Waals surface area contributed by atoms with Crippen molar-refractivity contribution < 1.29 is 14.1 Å². The lowest BCUT2D eigenvalue weighted by Crippen LogP contribution is -2.55. The minimum absolute atomic E-state index is 0.0817. The summed E-state index contributed by atoms with van der Waals surface area (Å²) in [5, 5.41) is 6.72. The zero-order valence-corrected chi connectivity index (χ0v) is 18.6. The van der Waals surface area contributed by atoms with Crippen LogP contribution >= 0.6 is 0 Å². The first-order valence-electron chi connectivity index (χ1n) is 11.4. The van der Waals surface area contributed by atoms with Gasteiger partial charge < -0.3 is 14.2 Å². The highest BCUT2D eigenvalue weighted by Crippen LogP contribution is 2.25. The SMILES string of the molecule is CC(C(=O)N1CCOCC1)N1CCN(Cc2cc(-c3ccc4ccccc4c3)on2)CC1. The normalized spacial score (nSPS) is 19.3. The summed E-state index contributed by atoms with van der Waals surface area (Å²) in [5.74, 6) is 1.02. The van der Waals surface area contributed by atoms with Crippen LogP contribution in [0.4, 0.5) is 0 Å². The summed E-state index contributed by atoms with van der Waals surface area (Å²) in [7, 11) is 0. The molecule has 7 nitrogen and oxygen atoms in total. The maximum Gasteiger partial charge on any atom is 0.239 e. The molecule has 2 aliphatic heterocycles. The molecule has 1 aromatic heterocycles. The average molecular weight is 435 g/mol. The predicted octanol–water partition coefficient (Wildman–Crippen LogP) is 2.86. The van der Waals surface area contributed by atoms with Crippen LogP contribution in [0.2, 0.25) is 0 Å². The van der Waals surface area contributed by atoms with Gasteiger partial charge in [-0.15, -0.1) is 0 Å². The van der Waals surface area contributed by atoms with E-state index in [-0.39, 0.29) is 11.9 Å². The Morgan fingerprint density at radius 3 is 2.50 bits per heavy atom. The van der Waals surface area contributed by atoms with Crippen LogP contribution in [-0.4, -0.2) is 84.3 Å². The molecule has 7 heteroatoms. The summed E-state index contributed by atoms with van der Waals surface area (Å²) in [6.07, 6.45) is 0. The van der Waals surface area contributed by atoms with Crippen molar-refractivity contribution in [2.24, 2.45) is 0 Å². The Bertz CT molecular complexity index is 1070. The molecule has 1 unspecified atom stereocenters. The highest BCUT2D eigenvalue weighted by atomic mass is 16.5. The van der Waals surface area contributed by atoms with E-state index in [0.717, 1.165) is 49.7 Å². The largest absolute Gasteiger partial charge is 0.378 e. The molecule has 2 aliphatic rings. The summed E-state index contributed by atoms with van der Waals surface area (Å²) < 4.78 is 11.0. The third-order valence-electron chi connectivity index (χ3n) is 6.61. The molecule has 0 bridgehead atoms. The Balaban J connectivity index is 1.16. The molecule has 2 saturated heterocycles. The summed E-state index contributed by atoms with van der Waals surface area (Å²) in [6, 6.07) is 16.6. The van der Waals surface area contributed by atoms with E-state index >= 15 is 0 Å². The number of aromatic nitrogens is 1. The van der Waals surface area contributed by atoms with Gasteiger partial charge in [0.25, 0.3) is 0 Å². The molecule has 0 N–H and O–H groups in total. The van der Waals surface area contributed by atoms with E-state index in [1.165, 1.54) is 10.8 Å². The Labute approximate surface area is 188 Å². The van der Waals surface area contributed by atoms with Gasteiger partial charge in [0.15, 0.2) is 5.76 Å². The molecule has 1 amide bonds. The smallest absolute Gasteiger partial charge is 0.239 e. The maximum absolute atomic E-state index is 12.8. The Kier molecular flexibility index (Phi) is 6.21. The fourth-order valence-electron chi connectivity index (χ4n) is 4.61. The van der Waals surface area contributed by atoms with Gasteiger partial charge in [-0.25, -0.2) is 0 Å². The minimum Gasteiger partial charge on any atom is -0.378 e. The number of piperazine rings is 1. The van der Waals surface area contributed by atoms with Crippen LogP contribution in [0.15, 0.2) is 53.1 Å². The van der Waals surface area contributed by atoms with Crippen molar-refractivity contribution in [3.63, 3.8) is 0 Å². The zero-order valence-electron chi connectivity index (χ0n) is 18.6. The number of nitrogens with zero attached hydrogens (tertiary/aromatic N) is 4. The number of hydrogen-bond acceptors (Lipinski definition) is 6. The van der Waals surface area contributed by atoms with E-state index < -0.39 is 0 Å². The first-order chi connectivity index (χ1) is 15.7. The van der Waals surface area contributed by atoms with Gasteiger partial charge in [0.05, 0.1) is 24.9 Å². The topological polar surface area (TPSA) is 62.1 Å². The van der Waals surface area contributed by atoms with E-state index in [2.05, 4.69) is 45.3 Å². The third kappa shape index (κ3) is 4.55. The number of carbonyl (C=O) groups excluding carboxylic acids is 1. The van der Waals surface area contributed by atoms with Gasteiger partial charge >= 0.3 is 0 Å². The van der Waals surface area contributed by atoms with Crippen LogP contribution in [-0.2, 0) is 16.1 Å². The summed E-state index contributed by atoms with van der Waals surface area (Å²) in [4.78, 5) is 19.4. The minimum atomic E-state index is -0.0817. The number of amides is 1. The first-order valence-corrected chi connectivity index (χ1v) is 11.4. The highest BCUT2D eigenvalue weighted by molar-refractivity contribution is 5.86.